The molecule has 0 spiro atoms. The largest absolute Gasteiger partial charge is 1.00 e. The van der Waals surface area contributed by atoms with Crippen LogP contribution < -0.4 is 88.7 Å². The third kappa shape index (κ3) is 43.0. The van der Waals surface area contributed by atoms with Crippen molar-refractivity contribution in [3.8, 4) is 0 Å². The molecule has 3 radical (unpaired) electrons. The zero-order valence-electron chi connectivity index (χ0n) is 5.29. The summed E-state index contributed by atoms with van der Waals surface area (Å²) in [5.74, 6) is 0. The average molecular weight is 324 g/mol. The Kier molecular flexibility index (Phi) is 512. The van der Waals surface area contributed by atoms with Crippen molar-refractivity contribution in [1.29, 1.82) is 0 Å². The molecule has 0 N–H and O–H groups in total. The molecule has 0 aromatic heterocycles. The van der Waals surface area contributed by atoms with Gasteiger partial charge in [0.1, 0.15) is 0 Å². The Hall–Kier alpha value is 5.22. The van der Waals surface area contributed by atoms with Gasteiger partial charge in [0.25, 0.3) is 0 Å². The Balaban J connectivity index is 0. The van der Waals surface area contributed by atoms with E-state index in [9.17, 15) is 0 Å². The summed E-state index contributed by atoms with van der Waals surface area (Å²) >= 11 is 0. The fourth-order valence-corrected chi connectivity index (χ4v) is 0. The Morgan fingerprint density at radius 3 is 0.500 bits per heavy atom. The van der Waals surface area contributed by atoms with Gasteiger partial charge in [-0.15, -0.1) is 0 Å². The van der Waals surface area contributed by atoms with Crippen molar-refractivity contribution >= 4 is 78.4 Å². The summed E-state index contributed by atoms with van der Waals surface area (Å²) in [5.41, 5.74) is 0. The smallest absolute Gasteiger partial charge is 0.813 e. The van der Waals surface area contributed by atoms with Crippen LogP contribution in [0, 0.1) is 0 Å². The first-order valence-electron chi connectivity index (χ1n) is 0. The zero-order chi connectivity index (χ0) is 0. The van der Waals surface area contributed by atoms with Crippen LogP contribution in [-0.2, 0) is 40.5 Å². The van der Waals surface area contributed by atoms with Gasteiger partial charge in [-0.3, -0.25) is 0 Å². The molecule has 0 nitrogen and oxygen atoms in total. The van der Waals surface area contributed by atoms with Crippen molar-refractivity contribution < 1.29 is 88.7 Å². The monoisotopic (exact) mass is 323 g/mol. The van der Waals surface area contributed by atoms with Crippen molar-refractivity contribution in [2.24, 2.45) is 0 Å². The molecular formula is H5Na3S4Sb. The van der Waals surface area contributed by atoms with Gasteiger partial charge in [0, 0.05) is 24.4 Å². The molecule has 0 bridgehead atoms. The van der Waals surface area contributed by atoms with Crippen LogP contribution in [-0.4, -0.2) is 24.4 Å². The third-order valence-electron chi connectivity index (χ3n) is 0. The summed E-state index contributed by atoms with van der Waals surface area (Å²) < 4.78 is 0. The topological polar surface area (TPSA) is 0 Å². The number of hydrogen-bond donors (Lipinski definition) is 0. The van der Waals surface area contributed by atoms with E-state index in [0.717, 1.165) is 0 Å². The van der Waals surface area contributed by atoms with Crippen molar-refractivity contribution in [2.75, 3.05) is 0 Å². The quantitative estimate of drug-likeness (QED) is 0.247. The van der Waals surface area contributed by atoms with Crippen LogP contribution in [0.5, 0.6) is 0 Å². The second kappa shape index (κ2) is 56.5. The molecule has 0 saturated carbocycles. The number of hydrogen-bond acceptors (Lipinski definition) is 3. The second-order valence-corrected chi connectivity index (χ2v) is 0. The van der Waals surface area contributed by atoms with Gasteiger partial charge in [-0.25, -0.2) is 0 Å². The summed E-state index contributed by atoms with van der Waals surface area (Å²) in [5, 5.41) is 0. The maximum atomic E-state index is 0. The van der Waals surface area contributed by atoms with E-state index in [2.05, 4.69) is 0 Å². The minimum atomic E-state index is 0. The molecule has 0 atom stereocenters. The van der Waals surface area contributed by atoms with Gasteiger partial charge in [0.2, 0.25) is 0 Å². The molecule has 0 aromatic rings. The van der Waals surface area contributed by atoms with Gasteiger partial charge >= 0.3 is 88.7 Å². The van der Waals surface area contributed by atoms with Gasteiger partial charge < -0.3 is 40.5 Å². The summed E-state index contributed by atoms with van der Waals surface area (Å²) in [6.45, 7) is 0. The summed E-state index contributed by atoms with van der Waals surface area (Å²) in [4.78, 5) is 0. The van der Waals surface area contributed by atoms with E-state index >= 15 is 0 Å². The van der Waals surface area contributed by atoms with Crippen molar-refractivity contribution in [1.82, 2.24) is 0 Å². The molecule has 0 aromatic carbocycles. The van der Waals surface area contributed by atoms with Gasteiger partial charge in [-0.2, -0.15) is 13.5 Å². The van der Waals surface area contributed by atoms with Crippen LogP contribution in [0.4, 0.5) is 0 Å². The summed E-state index contributed by atoms with van der Waals surface area (Å²) in [6, 6.07) is 0. The van der Waals surface area contributed by atoms with Crippen molar-refractivity contribution in [3.63, 3.8) is 0 Å². The SMILES string of the molecule is S.[Na+].[Na+].[Na+].[SH-].[SH-].[SH-].[Sb]. The summed E-state index contributed by atoms with van der Waals surface area (Å²) in [7, 11) is 0. The molecule has 0 amide bonds. The molecule has 0 saturated heterocycles. The molecule has 0 heterocycles. The van der Waals surface area contributed by atoms with Gasteiger partial charge in [0.15, 0.2) is 0 Å². The molecule has 0 fully saturated rings. The van der Waals surface area contributed by atoms with Crippen molar-refractivity contribution in [2.45, 2.75) is 0 Å². The molecule has 0 aliphatic carbocycles. The first kappa shape index (κ1) is 72.5. The van der Waals surface area contributed by atoms with Gasteiger partial charge in [-0.05, 0) is 0 Å². The molecule has 37 valence electrons. The van der Waals surface area contributed by atoms with Gasteiger partial charge in [-0.1, -0.05) is 0 Å². The first-order chi connectivity index (χ1) is 0. The van der Waals surface area contributed by atoms with E-state index < -0.39 is 0 Å². The molecular weight excluding hydrogens is 319 g/mol. The summed E-state index contributed by atoms with van der Waals surface area (Å²) in [6.07, 6.45) is 0. The molecule has 8 heteroatoms. The van der Waals surface area contributed by atoms with Crippen LogP contribution in [0.3, 0.4) is 0 Å². The normalized spacial score (nSPS) is 0. The van der Waals surface area contributed by atoms with E-state index in [0.29, 0.717) is 0 Å². The van der Waals surface area contributed by atoms with E-state index in [1.165, 1.54) is 0 Å². The van der Waals surface area contributed by atoms with E-state index in [4.69, 9.17) is 0 Å². The standard InChI is InChI=1S/3Na.4H2S.Sb/h;;;4*1H2;/q3*+1;;;;;/p-3. The first-order valence-corrected chi connectivity index (χ1v) is 0. The van der Waals surface area contributed by atoms with Crippen LogP contribution in [0.25, 0.3) is 0 Å². The fourth-order valence-electron chi connectivity index (χ4n) is 0. The molecule has 0 aliphatic rings. The van der Waals surface area contributed by atoms with Crippen LogP contribution in [0.2, 0.25) is 0 Å². The predicted octanol–water partition coefficient (Wildman–Crippen LogP) is -10.1. The molecule has 0 unspecified atom stereocenters. The maximum absolute atomic E-state index is 0. The van der Waals surface area contributed by atoms with E-state index in [-0.39, 0.29) is 167 Å². The Morgan fingerprint density at radius 2 is 0.500 bits per heavy atom. The zero-order valence-corrected chi connectivity index (χ0v) is 17.5. The molecule has 0 rings (SSSR count). The molecule has 0 aliphatic heterocycles. The van der Waals surface area contributed by atoms with E-state index in [1.54, 1.807) is 0 Å². The van der Waals surface area contributed by atoms with Crippen LogP contribution in [0.15, 0.2) is 0 Å². The number of thiol groups is 3. The predicted molar refractivity (Wildman–Crippen MR) is 42.4 cm³/mol. The maximum Gasteiger partial charge on any atom is 1.00 e. The Morgan fingerprint density at radius 1 is 0.500 bits per heavy atom. The number of rotatable bonds is 0. The minimum absolute atomic E-state index is 0. The van der Waals surface area contributed by atoms with E-state index in [1.807, 2.05) is 0 Å². The Bertz CT molecular complexity index is 11.2. The van der Waals surface area contributed by atoms with Crippen molar-refractivity contribution in [3.05, 3.63) is 0 Å². The second-order valence-electron chi connectivity index (χ2n) is 0. The average Bonchev–Trinajstić information content (AvgIpc) is 0. The molecule has 8 heavy (non-hydrogen) atoms. The fraction of sp³-hybridized carbons (Fsp3) is 0. The van der Waals surface area contributed by atoms with Gasteiger partial charge in [0.05, 0.1) is 0 Å². The van der Waals surface area contributed by atoms with Crippen LogP contribution >= 0.6 is 13.5 Å². The minimum Gasteiger partial charge on any atom is -0.813 e. The third-order valence-corrected chi connectivity index (χ3v) is 0. The van der Waals surface area contributed by atoms with Crippen LogP contribution in [0.1, 0.15) is 0 Å². The Labute approximate surface area is 163 Å².